The molecule has 0 unspecified atom stereocenters. The predicted molar refractivity (Wildman–Crippen MR) is 147 cm³/mol. The number of nitrogens with zero attached hydrogens (tertiary/aromatic N) is 4. The molecule has 0 fully saturated rings. The summed E-state index contributed by atoms with van der Waals surface area (Å²) >= 11 is 0. The number of hydrogen-bond acceptors (Lipinski definition) is 4. The summed E-state index contributed by atoms with van der Waals surface area (Å²) in [4.78, 5) is 28.2. The molecule has 1 amide bonds. The first-order valence-corrected chi connectivity index (χ1v) is 12.6. The summed E-state index contributed by atoms with van der Waals surface area (Å²) in [7, 11) is 0. The largest absolute Gasteiger partial charge is 0.372 e. The first-order valence-electron chi connectivity index (χ1n) is 12.6. The van der Waals surface area contributed by atoms with Crippen molar-refractivity contribution in [1.82, 2.24) is 14.3 Å². The van der Waals surface area contributed by atoms with E-state index in [4.69, 9.17) is 0 Å². The number of aromatic nitrogens is 3. The summed E-state index contributed by atoms with van der Waals surface area (Å²) in [5.41, 5.74) is 5.59. The molecule has 0 aliphatic heterocycles. The summed E-state index contributed by atoms with van der Waals surface area (Å²) in [5.74, 6) is -0.00573. The van der Waals surface area contributed by atoms with Gasteiger partial charge in [-0.1, -0.05) is 18.2 Å². The first kappa shape index (κ1) is 25.2. The number of amides is 1. The number of carbonyl (C=O) groups excluding carboxylic acids is 1. The van der Waals surface area contributed by atoms with E-state index in [1.165, 1.54) is 10.4 Å². The molecular weight excluding hydrogens is 450 g/mol. The number of carbonyl (C=O) groups is 1. The van der Waals surface area contributed by atoms with E-state index < -0.39 is 0 Å². The molecule has 2 aromatic carbocycles. The number of fused-ring (bicyclic) bond motifs is 1. The Bertz CT molecular complexity index is 1430. The van der Waals surface area contributed by atoms with E-state index in [9.17, 15) is 9.59 Å². The van der Waals surface area contributed by atoms with Crippen molar-refractivity contribution in [2.75, 3.05) is 23.3 Å². The van der Waals surface area contributed by atoms with Crippen LogP contribution >= 0.6 is 0 Å². The standard InChI is InChI=1S/C29H35N5O2/c1-6-32(7-2)24-15-16-26(20(3)18-24)31-27(35)14-11-17-33-21(4)25-19-30-34(23-12-9-8-10-13-23)29(36)28(25)22(33)5/h8-10,12-13,15-16,18-19H,6-7,11,14,17H2,1-5H3,(H,31,35). The Kier molecular flexibility index (Phi) is 7.58. The van der Waals surface area contributed by atoms with Crippen molar-refractivity contribution in [3.63, 3.8) is 0 Å². The molecule has 36 heavy (non-hydrogen) atoms. The highest BCUT2D eigenvalue weighted by molar-refractivity contribution is 5.92. The normalized spacial score (nSPS) is 11.1. The second kappa shape index (κ2) is 10.8. The molecule has 4 rings (SSSR count). The SMILES string of the molecule is CCN(CC)c1ccc(NC(=O)CCCn2c(C)c3cnn(-c4ccccc4)c(=O)c3c2C)c(C)c1. The molecule has 0 aliphatic carbocycles. The van der Waals surface area contributed by atoms with Crippen molar-refractivity contribution in [2.24, 2.45) is 0 Å². The highest BCUT2D eigenvalue weighted by Gasteiger charge is 2.17. The molecule has 7 heteroatoms. The molecule has 1 N–H and O–H groups in total. The topological polar surface area (TPSA) is 72.2 Å². The number of nitrogens with one attached hydrogen (secondary N) is 1. The number of rotatable bonds is 9. The van der Waals surface area contributed by atoms with Gasteiger partial charge < -0.3 is 14.8 Å². The van der Waals surface area contributed by atoms with Crippen LogP contribution in [0.1, 0.15) is 43.6 Å². The van der Waals surface area contributed by atoms with Crippen molar-refractivity contribution in [3.8, 4) is 5.69 Å². The fraction of sp³-hybridized carbons (Fsp3) is 0.345. The Labute approximate surface area is 212 Å². The lowest BCUT2D eigenvalue weighted by atomic mass is 10.1. The van der Waals surface area contributed by atoms with Crippen molar-refractivity contribution < 1.29 is 4.79 Å². The Morgan fingerprint density at radius 3 is 2.39 bits per heavy atom. The van der Waals surface area contributed by atoms with E-state index in [0.29, 0.717) is 24.8 Å². The maximum atomic E-state index is 13.3. The van der Waals surface area contributed by atoms with Crippen LogP contribution in [0.3, 0.4) is 0 Å². The van der Waals surface area contributed by atoms with Gasteiger partial charge >= 0.3 is 0 Å². The third-order valence-electron chi connectivity index (χ3n) is 6.94. The average molecular weight is 486 g/mol. The number of aryl methyl sites for hydroxylation is 3. The van der Waals surface area contributed by atoms with E-state index >= 15 is 0 Å². The Morgan fingerprint density at radius 1 is 1.00 bits per heavy atom. The molecule has 0 radical (unpaired) electrons. The lowest BCUT2D eigenvalue weighted by molar-refractivity contribution is -0.116. The highest BCUT2D eigenvalue weighted by atomic mass is 16.1. The van der Waals surface area contributed by atoms with Gasteiger partial charge in [-0.2, -0.15) is 9.78 Å². The zero-order valence-electron chi connectivity index (χ0n) is 21.8. The third-order valence-corrected chi connectivity index (χ3v) is 6.94. The van der Waals surface area contributed by atoms with Gasteiger partial charge in [-0.3, -0.25) is 9.59 Å². The maximum absolute atomic E-state index is 13.3. The minimum absolute atomic E-state index is 0.00573. The van der Waals surface area contributed by atoms with Crippen LogP contribution < -0.4 is 15.8 Å². The quantitative estimate of drug-likeness (QED) is 0.346. The van der Waals surface area contributed by atoms with Crippen LogP contribution in [0.25, 0.3) is 16.5 Å². The third kappa shape index (κ3) is 4.91. The molecule has 0 aliphatic rings. The molecule has 0 spiro atoms. The molecular formula is C29H35N5O2. The van der Waals surface area contributed by atoms with Gasteiger partial charge in [-0.05, 0) is 76.9 Å². The van der Waals surface area contributed by atoms with E-state index in [0.717, 1.165) is 46.8 Å². The summed E-state index contributed by atoms with van der Waals surface area (Å²) in [5, 5.41) is 9.01. The van der Waals surface area contributed by atoms with Gasteiger partial charge in [-0.15, -0.1) is 0 Å². The van der Waals surface area contributed by atoms with Crippen LogP contribution in [-0.4, -0.2) is 33.3 Å². The van der Waals surface area contributed by atoms with E-state index in [-0.39, 0.29) is 11.5 Å². The van der Waals surface area contributed by atoms with Gasteiger partial charge in [0.25, 0.3) is 5.56 Å². The predicted octanol–water partition coefficient (Wildman–Crippen LogP) is 5.38. The van der Waals surface area contributed by atoms with Gasteiger partial charge in [0, 0.05) is 54.2 Å². The Hall–Kier alpha value is -3.87. The zero-order chi connectivity index (χ0) is 25.8. The summed E-state index contributed by atoms with van der Waals surface area (Å²) in [6.07, 6.45) is 2.84. The molecule has 7 nitrogen and oxygen atoms in total. The van der Waals surface area contributed by atoms with Crippen LogP contribution in [0.5, 0.6) is 0 Å². The Balaban J connectivity index is 1.45. The van der Waals surface area contributed by atoms with E-state index in [1.807, 2.05) is 57.2 Å². The van der Waals surface area contributed by atoms with Crippen LogP contribution in [0.4, 0.5) is 11.4 Å². The molecule has 4 aromatic rings. The first-order chi connectivity index (χ1) is 17.3. The molecule has 2 aromatic heterocycles. The van der Waals surface area contributed by atoms with Gasteiger partial charge in [0.15, 0.2) is 0 Å². The van der Waals surface area contributed by atoms with Crippen LogP contribution in [-0.2, 0) is 11.3 Å². The van der Waals surface area contributed by atoms with Gasteiger partial charge in [-0.25, -0.2) is 0 Å². The van der Waals surface area contributed by atoms with Crippen molar-refractivity contribution in [1.29, 1.82) is 0 Å². The van der Waals surface area contributed by atoms with Gasteiger partial charge in [0.05, 0.1) is 17.3 Å². The lowest BCUT2D eigenvalue weighted by Gasteiger charge is -2.22. The van der Waals surface area contributed by atoms with Crippen LogP contribution in [0, 0.1) is 20.8 Å². The van der Waals surface area contributed by atoms with Crippen molar-refractivity contribution in [3.05, 3.63) is 82.0 Å². The Morgan fingerprint density at radius 2 is 1.72 bits per heavy atom. The van der Waals surface area contributed by atoms with Gasteiger partial charge in [0.1, 0.15) is 0 Å². The fourth-order valence-electron chi connectivity index (χ4n) is 4.88. The second-order valence-electron chi connectivity index (χ2n) is 9.13. The minimum atomic E-state index is -0.126. The molecule has 188 valence electrons. The molecule has 0 bridgehead atoms. The highest BCUT2D eigenvalue weighted by Crippen LogP contribution is 2.24. The van der Waals surface area contributed by atoms with Crippen LogP contribution in [0.2, 0.25) is 0 Å². The molecule has 0 atom stereocenters. The van der Waals surface area contributed by atoms with E-state index in [2.05, 4.69) is 45.9 Å². The number of benzene rings is 2. The van der Waals surface area contributed by atoms with Crippen molar-refractivity contribution in [2.45, 2.75) is 54.0 Å². The summed E-state index contributed by atoms with van der Waals surface area (Å²) in [6, 6.07) is 15.6. The number of anilines is 2. The molecule has 0 saturated carbocycles. The summed E-state index contributed by atoms with van der Waals surface area (Å²) in [6.45, 7) is 12.8. The zero-order valence-corrected chi connectivity index (χ0v) is 21.8. The molecule has 2 heterocycles. The maximum Gasteiger partial charge on any atom is 0.281 e. The minimum Gasteiger partial charge on any atom is -0.372 e. The molecule has 0 saturated heterocycles. The smallest absolute Gasteiger partial charge is 0.281 e. The average Bonchev–Trinajstić information content (AvgIpc) is 3.12. The summed E-state index contributed by atoms with van der Waals surface area (Å²) < 4.78 is 3.57. The number of para-hydroxylation sites is 1. The second-order valence-corrected chi connectivity index (χ2v) is 9.13. The van der Waals surface area contributed by atoms with Gasteiger partial charge in [0.2, 0.25) is 5.91 Å². The van der Waals surface area contributed by atoms with E-state index in [1.54, 1.807) is 6.20 Å². The number of hydrogen-bond donors (Lipinski definition) is 1. The van der Waals surface area contributed by atoms with Crippen molar-refractivity contribution >= 4 is 28.1 Å². The lowest BCUT2D eigenvalue weighted by Crippen LogP contribution is -2.22. The van der Waals surface area contributed by atoms with Crippen LogP contribution in [0.15, 0.2) is 59.5 Å². The monoisotopic (exact) mass is 485 g/mol. The fourth-order valence-corrected chi connectivity index (χ4v) is 4.88.